The Labute approximate surface area is 122 Å². The van der Waals surface area contributed by atoms with Crippen molar-refractivity contribution in [3.8, 4) is 0 Å². The predicted molar refractivity (Wildman–Crippen MR) is 81.8 cm³/mol. The highest BCUT2D eigenvalue weighted by molar-refractivity contribution is 6.23. The summed E-state index contributed by atoms with van der Waals surface area (Å²) in [6.07, 6.45) is 12.0. The van der Waals surface area contributed by atoms with E-state index in [1.54, 1.807) is 0 Å². The van der Waals surface area contributed by atoms with Gasteiger partial charge in [0.05, 0.1) is 0 Å². The fourth-order valence-electron chi connectivity index (χ4n) is 1.96. The van der Waals surface area contributed by atoms with Crippen LogP contribution in [0.25, 0.3) is 0 Å². The van der Waals surface area contributed by atoms with Crippen molar-refractivity contribution in [2.24, 2.45) is 0 Å². The van der Waals surface area contributed by atoms with E-state index in [1.165, 1.54) is 38.5 Å². The second-order valence-corrected chi connectivity index (χ2v) is 6.43. The Morgan fingerprint density at radius 2 is 1.29 bits per heavy atom. The molecule has 0 aliphatic rings. The monoisotopic (exact) mass is 300 g/mol. The van der Waals surface area contributed by atoms with Gasteiger partial charge < -0.3 is 0 Å². The zero-order chi connectivity index (χ0) is 12.9. The van der Waals surface area contributed by atoms with E-state index in [0.717, 1.165) is 25.7 Å². The van der Waals surface area contributed by atoms with Gasteiger partial charge in [-0.05, 0) is 25.7 Å². The molecule has 0 saturated heterocycles. The van der Waals surface area contributed by atoms with Gasteiger partial charge in [-0.1, -0.05) is 45.4 Å². The van der Waals surface area contributed by atoms with Gasteiger partial charge in [0.15, 0.2) is 0 Å². The second-order valence-electron chi connectivity index (χ2n) is 4.82. The second kappa shape index (κ2) is 13.3. The average Bonchev–Trinajstić information content (AvgIpc) is 2.31. The van der Waals surface area contributed by atoms with E-state index in [1.807, 2.05) is 0 Å². The quantitative estimate of drug-likeness (QED) is 0.290. The molecule has 0 saturated carbocycles. The molecule has 0 spiro atoms. The third-order valence-corrected chi connectivity index (χ3v) is 4.09. The van der Waals surface area contributed by atoms with Crippen molar-refractivity contribution in [3.63, 3.8) is 0 Å². The Kier molecular flexibility index (Phi) is 14.0. The van der Waals surface area contributed by atoms with Gasteiger partial charge in [-0.25, -0.2) is 0 Å². The highest BCUT2D eigenvalue weighted by Crippen LogP contribution is 2.20. The Bertz CT molecular complexity index is 150. The normalized spacial score (nSPS) is 14.8. The Morgan fingerprint density at radius 3 is 1.88 bits per heavy atom. The van der Waals surface area contributed by atoms with Gasteiger partial charge in [-0.3, -0.25) is 0 Å². The van der Waals surface area contributed by atoms with Crippen LogP contribution in [0.4, 0.5) is 0 Å². The summed E-state index contributed by atoms with van der Waals surface area (Å²) in [5.41, 5.74) is 0. The van der Waals surface area contributed by atoms with Crippen LogP contribution in [0.1, 0.15) is 71.1 Å². The average molecular weight is 302 g/mol. The van der Waals surface area contributed by atoms with Gasteiger partial charge in [0.1, 0.15) is 0 Å². The SMILES string of the molecule is CCCCCCCCC(Cl)CC(Cl)CCCCl. The van der Waals surface area contributed by atoms with Gasteiger partial charge >= 0.3 is 0 Å². The van der Waals surface area contributed by atoms with Gasteiger partial charge in [-0.2, -0.15) is 0 Å². The van der Waals surface area contributed by atoms with Crippen LogP contribution in [0, 0.1) is 0 Å². The summed E-state index contributed by atoms with van der Waals surface area (Å²) in [5, 5.41) is 0.454. The van der Waals surface area contributed by atoms with E-state index in [4.69, 9.17) is 34.8 Å². The van der Waals surface area contributed by atoms with Crippen LogP contribution >= 0.6 is 34.8 Å². The molecule has 0 heterocycles. The molecule has 3 heteroatoms. The zero-order valence-electron chi connectivity index (χ0n) is 11.1. The number of halogens is 3. The first-order valence-corrected chi connectivity index (χ1v) is 8.45. The number of rotatable bonds is 12. The van der Waals surface area contributed by atoms with Crippen molar-refractivity contribution >= 4 is 34.8 Å². The van der Waals surface area contributed by atoms with Crippen molar-refractivity contribution < 1.29 is 0 Å². The van der Waals surface area contributed by atoms with Crippen molar-refractivity contribution in [1.82, 2.24) is 0 Å². The number of unbranched alkanes of at least 4 members (excludes halogenated alkanes) is 5. The molecule has 17 heavy (non-hydrogen) atoms. The lowest BCUT2D eigenvalue weighted by Crippen LogP contribution is -2.09. The summed E-state index contributed by atoms with van der Waals surface area (Å²) >= 11 is 18.1. The van der Waals surface area contributed by atoms with Crippen LogP contribution in [0.15, 0.2) is 0 Å². The minimum absolute atomic E-state index is 0.205. The molecule has 0 aliphatic carbocycles. The van der Waals surface area contributed by atoms with Crippen molar-refractivity contribution in [3.05, 3.63) is 0 Å². The third kappa shape index (κ3) is 13.1. The lowest BCUT2D eigenvalue weighted by molar-refractivity contribution is 0.555. The van der Waals surface area contributed by atoms with Crippen LogP contribution in [-0.2, 0) is 0 Å². The molecule has 0 fully saturated rings. The van der Waals surface area contributed by atoms with E-state index < -0.39 is 0 Å². The highest BCUT2D eigenvalue weighted by Gasteiger charge is 2.11. The first-order valence-electron chi connectivity index (χ1n) is 7.04. The van der Waals surface area contributed by atoms with Crippen LogP contribution in [0.5, 0.6) is 0 Å². The maximum absolute atomic E-state index is 6.28. The maximum atomic E-state index is 6.28. The molecule has 2 atom stereocenters. The molecule has 0 aromatic rings. The van der Waals surface area contributed by atoms with E-state index in [-0.39, 0.29) is 10.8 Å². The molecule has 0 amide bonds. The maximum Gasteiger partial charge on any atom is 0.0350 e. The first kappa shape index (κ1) is 17.9. The van der Waals surface area contributed by atoms with Crippen molar-refractivity contribution in [2.45, 2.75) is 81.9 Å². The van der Waals surface area contributed by atoms with Gasteiger partial charge in [0.2, 0.25) is 0 Å². The summed E-state index contributed by atoms with van der Waals surface area (Å²) in [7, 11) is 0. The van der Waals surface area contributed by atoms with Gasteiger partial charge in [0.25, 0.3) is 0 Å². The molecule has 0 aliphatic heterocycles. The fraction of sp³-hybridized carbons (Fsp3) is 1.00. The summed E-state index contributed by atoms with van der Waals surface area (Å²) < 4.78 is 0. The van der Waals surface area contributed by atoms with Crippen LogP contribution in [0.2, 0.25) is 0 Å². The first-order chi connectivity index (χ1) is 8.20. The number of hydrogen-bond donors (Lipinski definition) is 0. The Morgan fingerprint density at radius 1 is 0.765 bits per heavy atom. The van der Waals surface area contributed by atoms with Crippen molar-refractivity contribution in [1.29, 1.82) is 0 Å². The van der Waals surface area contributed by atoms with E-state index in [9.17, 15) is 0 Å². The largest absolute Gasteiger partial charge is 0.127 e. The molecule has 2 unspecified atom stereocenters. The fourth-order valence-corrected chi connectivity index (χ4v) is 2.94. The molecule has 0 rings (SSSR count). The Balaban J connectivity index is 3.30. The molecule has 0 radical (unpaired) electrons. The topological polar surface area (TPSA) is 0 Å². The summed E-state index contributed by atoms with van der Waals surface area (Å²) in [4.78, 5) is 0. The number of hydrogen-bond acceptors (Lipinski definition) is 0. The molecular formula is C14H27Cl3. The van der Waals surface area contributed by atoms with Crippen LogP contribution < -0.4 is 0 Å². The van der Waals surface area contributed by atoms with Gasteiger partial charge in [0, 0.05) is 16.6 Å². The lowest BCUT2D eigenvalue weighted by Gasteiger charge is -2.13. The standard InChI is InChI=1S/C14H27Cl3/c1-2-3-4-5-6-7-9-13(16)12-14(17)10-8-11-15/h13-14H,2-12H2,1H3. The summed E-state index contributed by atoms with van der Waals surface area (Å²) in [6, 6.07) is 0. The summed E-state index contributed by atoms with van der Waals surface area (Å²) in [6.45, 7) is 2.25. The molecule has 104 valence electrons. The van der Waals surface area contributed by atoms with E-state index in [2.05, 4.69) is 6.92 Å². The highest BCUT2D eigenvalue weighted by atomic mass is 35.5. The Hall–Kier alpha value is 0.870. The van der Waals surface area contributed by atoms with Gasteiger partial charge in [-0.15, -0.1) is 34.8 Å². The van der Waals surface area contributed by atoms with Crippen LogP contribution in [0.3, 0.4) is 0 Å². The molecule has 0 aromatic heterocycles. The minimum Gasteiger partial charge on any atom is -0.127 e. The van der Waals surface area contributed by atoms with E-state index in [0.29, 0.717) is 5.88 Å². The predicted octanol–water partition coefficient (Wildman–Crippen LogP) is 6.36. The number of alkyl halides is 3. The molecule has 0 bridgehead atoms. The minimum atomic E-state index is 0.205. The van der Waals surface area contributed by atoms with Crippen molar-refractivity contribution in [2.75, 3.05) is 5.88 Å². The molecule has 0 aromatic carbocycles. The van der Waals surface area contributed by atoms with E-state index >= 15 is 0 Å². The van der Waals surface area contributed by atoms with Crippen LogP contribution in [-0.4, -0.2) is 16.6 Å². The molecular weight excluding hydrogens is 275 g/mol. The molecule has 0 nitrogen and oxygen atoms in total. The lowest BCUT2D eigenvalue weighted by atomic mass is 10.0. The molecule has 0 N–H and O–H groups in total. The zero-order valence-corrected chi connectivity index (χ0v) is 13.3. The smallest absolute Gasteiger partial charge is 0.0350 e. The summed E-state index contributed by atoms with van der Waals surface area (Å²) in [5.74, 6) is 0.702. The third-order valence-electron chi connectivity index (χ3n) is 3.03.